The van der Waals surface area contributed by atoms with Crippen molar-refractivity contribution in [1.29, 1.82) is 0 Å². The number of nitrogens with one attached hydrogen (secondary N) is 1. The highest BCUT2D eigenvalue weighted by atomic mass is 19.4. The monoisotopic (exact) mass is 270 g/mol. The van der Waals surface area contributed by atoms with E-state index in [4.69, 9.17) is 0 Å². The quantitative estimate of drug-likeness (QED) is 0.846. The van der Waals surface area contributed by atoms with Crippen LogP contribution in [0.4, 0.5) is 18.9 Å². The summed E-state index contributed by atoms with van der Waals surface area (Å²) in [4.78, 5) is 10.1. The highest BCUT2D eigenvalue weighted by Gasteiger charge is 2.33. The molecular weight excluding hydrogens is 259 g/mol. The van der Waals surface area contributed by atoms with Crippen LogP contribution in [-0.2, 0) is 11.0 Å². The van der Waals surface area contributed by atoms with Gasteiger partial charge in [0, 0.05) is 0 Å². The van der Waals surface area contributed by atoms with Crippen LogP contribution in [0.15, 0.2) is 41.2 Å². The molecule has 101 valence electrons. The first-order valence-corrected chi connectivity index (χ1v) is 5.22. The van der Waals surface area contributed by atoms with Gasteiger partial charge in [-0.1, -0.05) is 6.07 Å². The van der Waals surface area contributed by atoms with Crippen molar-refractivity contribution in [3.63, 3.8) is 0 Å². The molecule has 1 N–H and O–H groups in total. The van der Waals surface area contributed by atoms with Crippen molar-refractivity contribution in [3.05, 3.63) is 54.0 Å². The summed E-state index contributed by atoms with van der Waals surface area (Å²) in [6.07, 6.45) is -1.04. The lowest BCUT2D eigenvalue weighted by Gasteiger charge is -2.11. The second-order valence-electron chi connectivity index (χ2n) is 3.52. The van der Waals surface area contributed by atoms with Gasteiger partial charge in [0.2, 0.25) is 6.41 Å². The standard InChI is InChI=1S/C9H7F3NO.C4H4O/c1-6-2-3-7(9(10,11)12)8(4-6)13-5-14;1-2-4-5-3-1/h2,4-5H,1H3,(H,13,14);1-4H. The summed E-state index contributed by atoms with van der Waals surface area (Å²) in [6.45, 7) is 1.62. The van der Waals surface area contributed by atoms with Gasteiger partial charge in [0.25, 0.3) is 0 Å². The van der Waals surface area contributed by atoms with Gasteiger partial charge in [0.1, 0.15) is 0 Å². The van der Waals surface area contributed by atoms with Crippen molar-refractivity contribution in [1.82, 2.24) is 0 Å². The zero-order valence-electron chi connectivity index (χ0n) is 9.99. The van der Waals surface area contributed by atoms with Gasteiger partial charge in [0.05, 0.1) is 23.8 Å². The molecule has 1 aromatic heterocycles. The fourth-order valence-corrected chi connectivity index (χ4v) is 1.24. The summed E-state index contributed by atoms with van der Waals surface area (Å²) in [5.41, 5.74) is -0.634. The van der Waals surface area contributed by atoms with Crippen LogP contribution in [0.25, 0.3) is 0 Å². The van der Waals surface area contributed by atoms with Crippen LogP contribution in [-0.4, -0.2) is 6.41 Å². The summed E-state index contributed by atoms with van der Waals surface area (Å²) < 4.78 is 41.5. The summed E-state index contributed by atoms with van der Waals surface area (Å²) in [5.74, 6) is 0. The molecule has 0 unspecified atom stereocenters. The Kier molecular flexibility index (Phi) is 5.17. The number of benzene rings is 1. The minimum atomic E-state index is -4.50. The van der Waals surface area contributed by atoms with Gasteiger partial charge in [-0.15, -0.1) is 0 Å². The molecule has 2 aromatic rings. The first-order chi connectivity index (χ1) is 8.95. The lowest BCUT2D eigenvalue weighted by atomic mass is 10.1. The number of rotatable bonds is 2. The highest BCUT2D eigenvalue weighted by Crippen LogP contribution is 2.34. The number of hydrogen-bond donors (Lipinski definition) is 1. The van der Waals surface area contributed by atoms with E-state index in [0.717, 1.165) is 0 Å². The molecule has 0 atom stereocenters. The smallest absolute Gasteiger partial charge is 0.419 e. The zero-order valence-corrected chi connectivity index (χ0v) is 9.99. The topological polar surface area (TPSA) is 42.2 Å². The predicted molar refractivity (Wildman–Crippen MR) is 63.4 cm³/mol. The summed E-state index contributed by atoms with van der Waals surface area (Å²) in [5, 5.41) is 1.99. The first-order valence-electron chi connectivity index (χ1n) is 5.22. The zero-order chi connectivity index (χ0) is 14.3. The number of anilines is 1. The van der Waals surface area contributed by atoms with Crippen LogP contribution in [0.2, 0.25) is 0 Å². The number of carbonyl (C=O) groups excluding carboxylic acids is 1. The van der Waals surface area contributed by atoms with Crippen LogP contribution >= 0.6 is 0 Å². The Morgan fingerprint density at radius 3 is 2.37 bits per heavy atom. The van der Waals surface area contributed by atoms with Crippen molar-refractivity contribution in [2.24, 2.45) is 0 Å². The Morgan fingerprint density at radius 1 is 1.32 bits per heavy atom. The molecule has 0 saturated heterocycles. The second-order valence-corrected chi connectivity index (χ2v) is 3.52. The van der Waals surface area contributed by atoms with Crippen molar-refractivity contribution in [2.75, 3.05) is 5.32 Å². The van der Waals surface area contributed by atoms with Gasteiger partial charge < -0.3 is 9.73 Å². The van der Waals surface area contributed by atoms with Gasteiger partial charge >= 0.3 is 6.18 Å². The highest BCUT2D eigenvalue weighted by molar-refractivity contribution is 5.74. The van der Waals surface area contributed by atoms with Crippen molar-refractivity contribution >= 4 is 12.1 Å². The van der Waals surface area contributed by atoms with E-state index in [-0.39, 0.29) is 12.1 Å². The number of furan rings is 1. The van der Waals surface area contributed by atoms with Gasteiger partial charge in [-0.2, -0.15) is 13.2 Å². The number of hydrogen-bond acceptors (Lipinski definition) is 2. The molecule has 3 nitrogen and oxygen atoms in total. The molecule has 0 aliphatic carbocycles. The lowest BCUT2D eigenvalue weighted by Crippen LogP contribution is -2.10. The Morgan fingerprint density at radius 2 is 1.95 bits per heavy atom. The minimum Gasteiger partial charge on any atom is -0.473 e. The Labute approximate surface area is 108 Å². The summed E-state index contributed by atoms with van der Waals surface area (Å²) >= 11 is 0. The molecule has 1 amide bonds. The molecule has 0 bridgehead atoms. The van der Waals surface area contributed by atoms with E-state index in [0.29, 0.717) is 5.56 Å². The molecule has 0 aliphatic heterocycles. The maximum atomic E-state index is 12.3. The molecule has 19 heavy (non-hydrogen) atoms. The van der Waals surface area contributed by atoms with Gasteiger partial charge in [-0.25, -0.2) is 0 Å². The average molecular weight is 270 g/mol. The number of carbonyl (C=O) groups is 1. The number of halogens is 3. The largest absolute Gasteiger partial charge is 0.473 e. The third-order valence-corrected chi connectivity index (χ3v) is 2.01. The molecule has 0 spiro atoms. The van der Waals surface area contributed by atoms with Crippen LogP contribution in [0.1, 0.15) is 11.1 Å². The third kappa shape index (κ3) is 4.87. The Hall–Kier alpha value is -2.24. The third-order valence-electron chi connectivity index (χ3n) is 2.01. The van der Waals surface area contributed by atoms with Crippen molar-refractivity contribution in [3.8, 4) is 0 Å². The van der Waals surface area contributed by atoms with Crippen LogP contribution < -0.4 is 5.32 Å². The van der Waals surface area contributed by atoms with E-state index in [1.165, 1.54) is 12.1 Å². The van der Waals surface area contributed by atoms with E-state index < -0.39 is 11.7 Å². The molecule has 6 heteroatoms. The molecule has 1 radical (unpaired) electrons. The molecule has 1 aromatic carbocycles. The van der Waals surface area contributed by atoms with Gasteiger partial charge in [0.15, 0.2) is 0 Å². The molecule has 2 rings (SSSR count). The van der Waals surface area contributed by atoms with E-state index in [2.05, 4.69) is 10.5 Å². The maximum Gasteiger partial charge on any atom is 0.419 e. The van der Waals surface area contributed by atoms with Gasteiger partial charge in [-0.3, -0.25) is 4.79 Å². The normalized spacial score (nSPS) is 10.3. The minimum absolute atomic E-state index is 0.206. The fourth-order valence-electron chi connectivity index (χ4n) is 1.24. The number of amides is 1. The fraction of sp³-hybridized carbons (Fsp3) is 0.154. The average Bonchev–Trinajstić information content (AvgIpc) is 2.86. The summed E-state index contributed by atoms with van der Waals surface area (Å²) in [6, 6.07) is 8.22. The van der Waals surface area contributed by atoms with Crippen LogP contribution in [0.3, 0.4) is 0 Å². The van der Waals surface area contributed by atoms with Crippen LogP contribution in [0, 0.1) is 13.0 Å². The molecule has 1 heterocycles. The molecule has 0 saturated carbocycles. The van der Waals surface area contributed by atoms with E-state index >= 15 is 0 Å². The number of alkyl halides is 3. The van der Waals surface area contributed by atoms with Crippen molar-refractivity contribution < 1.29 is 22.4 Å². The lowest BCUT2D eigenvalue weighted by molar-refractivity contribution is -0.137. The Bertz CT molecular complexity index is 490. The van der Waals surface area contributed by atoms with E-state index in [1.54, 1.807) is 19.5 Å². The molecular formula is C13H11F3NO2. The number of aryl methyl sites for hydroxylation is 1. The van der Waals surface area contributed by atoms with Gasteiger partial charge in [-0.05, 0) is 36.8 Å². The maximum absolute atomic E-state index is 12.3. The Balaban J connectivity index is 0.000000300. The van der Waals surface area contributed by atoms with E-state index in [1.807, 2.05) is 17.4 Å². The first kappa shape index (κ1) is 14.8. The molecule has 0 fully saturated rings. The predicted octanol–water partition coefficient (Wildman–Crippen LogP) is 3.66. The molecule has 0 aliphatic rings. The van der Waals surface area contributed by atoms with Crippen molar-refractivity contribution in [2.45, 2.75) is 13.1 Å². The SMILES string of the molecule is Cc1c[c]c(C(F)(F)F)c(NC=O)c1.c1ccoc1. The van der Waals surface area contributed by atoms with Crippen LogP contribution in [0.5, 0.6) is 0 Å². The second kappa shape index (κ2) is 6.63. The summed E-state index contributed by atoms with van der Waals surface area (Å²) in [7, 11) is 0. The van der Waals surface area contributed by atoms with E-state index in [9.17, 15) is 18.0 Å².